The van der Waals surface area contributed by atoms with Gasteiger partial charge in [0.05, 0.1) is 18.4 Å². The third-order valence-corrected chi connectivity index (χ3v) is 34.7. The van der Waals surface area contributed by atoms with E-state index in [1.54, 1.807) is 0 Å². The van der Waals surface area contributed by atoms with E-state index in [-0.39, 0.29) is 12.6 Å². The van der Waals surface area contributed by atoms with Crippen LogP contribution < -0.4 is 5.73 Å². The van der Waals surface area contributed by atoms with Gasteiger partial charge < -0.3 is 103 Å². The molecule has 0 aromatic rings. The Kier molecular flexibility index (Phi) is 31.2. The highest BCUT2D eigenvalue weighted by Gasteiger charge is 2.75. The number of ketones is 1. The zero-order valence-electron chi connectivity index (χ0n) is 48.7. The van der Waals surface area contributed by atoms with Crippen molar-refractivity contribution in [3.8, 4) is 0 Å². The molecule has 3 aliphatic rings. The molecule has 592 valence electrons. The lowest BCUT2D eigenvalue weighted by atomic mass is 9.81. The van der Waals surface area contributed by atoms with Crippen LogP contribution in [0.3, 0.4) is 0 Å². The largest absolute Gasteiger partial charge is 0.713 e. The maximum atomic E-state index is 14.3. The molecule has 2 aliphatic heterocycles. The molecule has 0 radical (unpaired) electrons. The SMILES string of the molecule is CC1=CC(=O)C(N(C)C)=CC1C1(S(=O)(=O)OO)OC(COS(=O)(=O)O)C(OS(=O)(=O)O)C(OS(=O)(=O)O[Si](O)(O[Si](O)(O)OO[Si](O)(O[Si](C)(O)O[Si](O)(O)O)OS(=O)(=O)OC2C(OS(=O)(=O)O)C(C)OC(S(=O)(=O)OO)C2S(=O)(=O)OO)O[Si](O)(O)O[Si](O)(O)O)C1S(=O)(=O)OO.CN. The minimum absolute atomic E-state index is 0.119. The molecule has 0 aromatic carbocycles. The van der Waals surface area contributed by atoms with Crippen LogP contribution in [0.4, 0.5) is 0 Å². The fourth-order valence-corrected chi connectivity index (χ4v) is 31.2. The van der Waals surface area contributed by atoms with Gasteiger partial charge in [-0.2, -0.15) is 75.8 Å². The third-order valence-electron chi connectivity index (χ3n) is 10.9. The Morgan fingerprint density at radius 1 is 0.550 bits per heavy atom. The maximum absolute atomic E-state index is 14.3. The molecule has 0 amide bonds. The molecule has 61 nitrogen and oxygen atoms in total. The van der Waals surface area contributed by atoms with Gasteiger partial charge in [-0.15, -0.1) is 17.3 Å². The quantitative estimate of drug-likeness (QED) is 0.0118. The summed E-state index contributed by atoms with van der Waals surface area (Å²) in [6.45, 7) is -1.52. The van der Waals surface area contributed by atoms with Crippen LogP contribution in [0.25, 0.3) is 0 Å². The lowest BCUT2D eigenvalue weighted by Gasteiger charge is -2.51. The van der Waals surface area contributed by atoms with Crippen LogP contribution in [0.15, 0.2) is 23.4 Å². The van der Waals surface area contributed by atoms with Gasteiger partial charge in [0.2, 0.25) is 16.2 Å². The zero-order valence-corrected chi connectivity index (χ0v) is 63.0. The first-order chi connectivity index (χ1) is 44.3. The Morgan fingerprint density at radius 2 is 1.00 bits per heavy atom. The molecule has 2 fully saturated rings. The normalized spacial score (nSPS) is 27.4. The Bertz CT molecular complexity index is 4030. The van der Waals surface area contributed by atoms with Crippen LogP contribution >= 0.6 is 0 Å². The van der Waals surface area contributed by atoms with Crippen LogP contribution in [0.2, 0.25) is 6.55 Å². The lowest BCUT2D eigenvalue weighted by molar-refractivity contribution is -0.232. The monoisotopic (exact) mass is 1790 g/mol. The molecule has 77 heteroatoms. The van der Waals surface area contributed by atoms with Gasteiger partial charge >= 0.3 is 156 Å². The summed E-state index contributed by atoms with van der Waals surface area (Å²) in [5.74, 6) is -4.12. The predicted octanol–water partition coefficient (Wildman–Crippen LogP) is -16.4. The second-order valence-electron chi connectivity index (χ2n) is 18.5. The van der Waals surface area contributed by atoms with Crippen molar-refractivity contribution in [2.24, 2.45) is 11.7 Å². The number of likely N-dealkylation sites (N-methyl/N-ethyl adjacent to an activating group) is 1. The van der Waals surface area contributed by atoms with Crippen molar-refractivity contribution >= 4 is 161 Å². The fourth-order valence-electron chi connectivity index (χ4n) is 8.08. The second kappa shape index (κ2) is 33.1. The number of hydrogen-bond acceptors (Lipinski definition) is 58. The number of rotatable bonds is 38. The van der Waals surface area contributed by atoms with Gasteiger partial charge in [0.1, 0.15) is 30.5 Å². The number of allylic oxidation sites excluding steroid dienone is 1. The van der Waals surface area contributed by atoms with Crippen LogP contribution in [0.1, 0.15) is 13.8 Å². The zero-order chi connectivity index (χ0) is 78.8. The average molecular weight is 1790 g/mol. The van der Waals surface area contributed by atoms with Gasteiger partial charge in [0.15, 0.2) is 10.5 Å². The third kappa shape index (κ3) is 26.7. The number of ether oxygens (including phenoxy) is 2. The molecule has 0 bridgehead atoms. The molecule has 22 N–H and O–H groups in total. The van der Waals surface area contributed by atoms with Crippen LogP contribution in [0.5, 0.6) is 0 Å². The fraction of sp³-hybridized carbons (Fsp3) is 0.783. The van der Waals surface area contributed by atoms with Gasteiger partial charge in [-0.25, -0.2) is 58.8 Å². The molecular formula is C23H54N2O59S9Si7. The predicted molar refractivity (Wildman–Crippen MR) is 297 cm³/mol. The van der Waals surface area contributed by atoms with Crippen LogP contribution in [-0.2, 0) is 182 Å². The van der Waals surface area contributed by atoms with Crippen molar-refractivity contribution in [2.45, 2.75) is 77.9 Å². The molecule has 3 rings (SSSR count). The molecule has 0 saturated carbocycles. The first-order valence-corrected chi connectivity index (χ1v) is 48.7. The van der Waals surface area contributed by atoms with E-state index in [1.807, 2.05) is 0 Å². The van der Waals surface area contributed by atoms with E-state index in [4.69, 9.17) is 15.3 Å². The van der Waals surface area contributed by atoms with Gasteiger partial charge in [-0.1, -0.05) is 5.57 Å². The van der Waals surface area contributed by atoms with Gasteiger partial charge in [-0.3, -0.25) is 18.5 Å². The lowest BCUT2D eigenvalue weighted by Crippen LogP contribution is -2.74. The minimum Gasteiger partial charge on any atom is -0.391 e. The van der Waals surface area contributed by atoms with Crippen LogP contribution in [-0.4, -0.2) is 332 Å². The summed E-state index contributed by atoms with van der Waals surface area (Å²) in [6.07, 6.45) is -20.9. The van der Waals surface area contributed by atoms with Crippen molar-refractivity contribution in [3.05, 3.63) is 23.4 Å². The van der Waals surface area contributed by atoms with Crippen LogP contribution in [0, 0.1) is 5.92 Å². The number of nitrogens with zero attached hydrogens (tertiary/aromatic N) is 1. The summed E-state index contributed by atoms with van der Waals surface area (Å²) < 4.78 is 344. The Morgan fingerprint density at radius 3 is 1.43 bits per heavy atom. The van der Waals surface area contributed by atoms with Crippen molar-refractivity contribution in [3.63, 3.8) is 0 Å². The number of carbonyl (C=O) groups is 1. The molecule has 14 unspecified atom stereocenters. The Hall–Kier alpha value is -1.62. The number of carbonyl (C=O) groups excluding carboxylic acids is 1. The van der Waals surface area contributed by atoms with E-state index in [1.165, 1.54) is 7.05 Å². The number of nitrogens with two attached hydrogens (primary N) is 1. The van der Waals surface area contributed by atoms with E-state index in [0.29, 0.717) is 19.9 Å². The molecule has 14 atom stereocenters. The summed E-state index contributed by atoms with van der Waals surface area (Å²) in [5, 5.41) is 29.6. The number of hydrogen-bond donors (Lipinski definition) is 21. The van der Waals surface area contributed by atoms with Crippen molar-refractivity contribution in [2.75, 3.05) is 27.7 Å². The van der Waals surface area contributed by atoms with E-state index in [9.17, 15) is 167 Å². The molecule has 1 aliphatic carbocycles. The van der Waals surface area contributed by atoms with Gasteiger partial charge in [0.25, 0.3) is 0 Å². The summed E-state index contributed by atoms with van der Waals surface area (Å²) in [5.41, 5.74) is -0.916. The smallest absolute Gasteiger partial charge is 0.391 e. The highest BCUT2D eigenvalue weighted by molar-refractivity contribution is 7.92. The summed E-state index contributed by atoms with van der Waals surface area (Å²) in [7, 11) is -108. The van der Waals surface area contributed by atoms with Gasteiger partial charge in [0, 0.05) is 26.6 Å². The first kappa shape index (κ1) is 94.5. The molecule has 0 aromatic heterocycles. The molecule has 100 heavy (non-hydrogen) atoms. The highest BCUT2D eigenvalue weighted by atomic mass is 32.3. The summed E-state index contributed by atoms with van der Waals surface area (Å²) >= 11 is 0. The van der Waals surface area contributed by atoms with E-state index in [2.05, 4.69) is 86.2 Å². The second-order valence-corrected chi connectivity index (χ2v) is 44.5. The van der Waals surface area contributed by atoms with E-state index < -0.39 is 243 Å². The van der Waals surface area contributed by atoms with Crippen molar-refractivity contribution in [1.29, 1.82) is 0 Å². The molecular weight excluding hydrogens is 1730 g/mol. The molecule has 2 saturated heterocycles. The molecule has 2 heterocycles. The van der Waals surface area contributed by atoms with E-state index >= 15 is 0 Å². The van der Waals surface area contributed by atoms with Gasteiger partial charge in [-0.05, 0) is 33.0 Å². The van der Waals surface area contributed by atoms with Crippen molar-refractivity contribution in [1.82, 2.24) is 4.90 Å². The molecule has 0 spiro atoms. The standard InChI is InChI=1S/C22H49NO59S9Si7.CH5N/c1-9-6-13(24)12(23(3)4)7-11(9)22(86(35,36)73-28)20(84(31,32)71-26)18(16(67-89(43,44)45)14(65-22)8-63-87(37,38)39)69-91(48,49)77-98(62,82-96(59,60)80-94(54,55)56)81-95(57,58)74-75-97(61,79-92(5,50)78-93(51,52)53)76-90(46,47)68-17-15(66-88(40,41)42)10(2)64-21(85(33,34)72-27)19(17)83(29,30)70-25;1-2/h6-7,10-11,14-21,25-28,50-62H,8H2,1-5H3,(H,37,38,39)(H,40,41,42)(H,43,44,45);2H2,1H3. The van der Waals surface area contributed by atoms with E-state index in [0.717, 1.165) is 19.0 Å². The van der Waals surface area contributed by atoms with Crippen molar-refractivity contribution < 1.29 is 263 Å². The summed E-state index contributed by atoms with van der Waals surface area (Å²) in [6, 6.07) is 0. The minimum atomic E-state index is -8.33. The first-order valence-electron chi connectivity index (χ1n) is 23.6. The topological polar surface area (TPSA) is 943 Å². The highest BCUT2D eigenvalue weighted by Crippen LogP contribution is 2.51. The Labute approximate surface area is 566 Å². The summed E-state index contributed by atoms with van der Waals surface area (Å²) in [4.78, 5) is 142. The Balaban J connectivity index is 0.0000168. The maximum Gasteiger partial charge on any atom is 0.713 e. The average Bonchev–Trinajstić information content (AvgIpc) is 0.694.